The molecule has 27 nitrogen and oxygen atoms in total. The van der Waals surface area contributed by atoms with Crippen molar-refractivity contribution in [1.29, 1.82) is 21.6 Å². The Morgan fingerprint density at radius 3 is 1.30 bits per heavy atom. The van der Waals surface area contributed by atoms with Gasteiger partial charge < -0.3 is 98.4 Å². The number of carbonyl (C=O) groups excluding carboxylic acids is 4. The van der Waals surface area contributed by atoms with Crippen LogP contribution in [0.15, 0.2) is 182 Å². The molecule has 7 heterocycles. The number of hydrogen-bond acceptors (Lipinski definition) is 19. The van der Waals surface area contributed by atoms with Gasteiger partial charge in [-0.1, -0.05) is 121 Å². The van der Waals surface area contributed by atoms with Gasteiger partial charge in [0.05, 0.1) is 38.4 Å². The van der Waals surface area contributed by atoms with Gasteiger partial charge >= 0.3 is 0 Å². The van der Waals surface area contributed by atoms with E-state index in [0.29, 0.717) is 147 Å². The molecule has 4 fully saturated rings. The van der Waals surface area contributed by atoms with Crippen LogP contribution in [0.4, 0.5) is 5.69 Å². The summed E-state index contributed by atoms with van der Waals surface area (Å²) in [6.07, 6.45) is 4.70. The fourth-order valence-electron chi connectivity index (χ4n) is 15.0. The summed E-state index contributed by atoms with van der Waals surface area (Å²) in [6, 6.07) is 56.5. The molecule has 8 aromatic carbocycles. The number of amides is 4. The molecule has 0 aliphatic carbocycles. The average molecular weight is 1530 g/mol. The van der Waals surface area contributed by atoms with Gasteiger partial charge in [0.2, 0.25) is 23.6 Å². The molecule has 7 aliphatic heterocycles. The number of nitrogen functional groups attached to an aromatic ring is 4. The van der Waals surface area contributed by atoms with Crippen molar-refractivity contribution in [3.8, 4) is 34.5 Å². The lowest BCUT2D eigenvalue weighted by atomic mass is 9.98. The Balaban J connectivity index is 0.000000140. The van der Waals surface area contributed by atoms with Crippen LogP contribution >= 0.6 is 0 Å². The maximum atomic E-state index is 13.1. The van der Waals surface area contributed by atoms with Gasteiger partial charge in [-0.3, -0.25) is 40.8 Å². The highest BCUT2D eigenvalue weighted by molar-refractivity contribution is 5.97. The van der Waals surface area contributed by atoms with Gasteiger partial charge in [-0.2, -0.15) is 0 Å². The first-order valence-electron chi connectivity index (χ1n) is 38.4. The summed E-state index contributed by atoms with van der Waals surface area (Å²) in [5, 5.41) is 52.6. The zero-order valence-corrected chi connectivity index (χ0v) is 64.0. The quantitative estimate of drug-likeness (QED) is 0.0230. The molecule has 0 saturated carbocycles. The minimum Gasteiger partial charge on any atom is -0.493 e. The topological polar surface area (TPSA) is 414 Å². The predicted molar refractivity (Wildman–Crippen MR) is 436 cm³/mol. The van der Waals surface area contributed by atoms with Crippen LogP contribution in [0.3, 0.4) is 0 Å². The minimum absolute atomic E-state index is 0.00248. The predicted octanol–water partition coefficient (Wildman–Crippen LogP) is 6.85. The van der Waals surface area contributed by atoms with Crippen LogP contribution in [-0.2, 0) is 51.7 Å². The molecule has 4 saturated heterocycles. The monoisotopic (exact) mass is 1530 g/mol. The first kappa shape index (κ1) is 80.5. The minimum atomic E-state index is -0.275. The van der Waals surface area contributed by atoms with Crippen LogP contribution in [0.5, 0.6) is 34.5 Å². The Kier molecular flexibility index (Phi) is 27.2. The lowest BCUT2D eigenvalue weighted by molar-refractivity contribution is -0.134. The van der Waals surface area contributed by atoms with Crippen molar-refractivity contribution in [3.05, 3.63) is 243 Å². The summed E-state index contributed by atoms with van der Waals surface area (Å²) in [5.74, 6) is 4.75. The van der Waals surface area contributed by atoms with Crippen molar-refractivity contribution < 1.29 is 47.6 Å². The third kappa shape index (κ3) is 21.8. The van der Waals surface area contributed by atoms with Crippen molar-refractivity contribution in [2.24, 2.45) is 22.9 Å². The standard InChI is InChI=1S/C23H28N4O4.C22H27N5O2.C21H24N4O2.C20H24N4O2/c1-29-20-9-14-6-7-27(13-16(14)10-21(20)30-2)23(28)19-11-18(12-26-19)31-17-5-3-4-15(8-17)22(24)25;23-21(24)14-4-3-5-16(10-14)29-17-11-20(27-13-17)22(28)25-9-8-15-12-26-19-7-2-1-6-18(15)19;22-20(23)15-6-3-7-17(10-15)27-18-11-19(24-12-18)21(26)25-9-8-14-4-1-2-5-16(14)13-25;1-13-5-7-14(8-6-13)11-24-20(25)18-10-17(12-23-18)26-16-4-2-3-15(9-16)19(21)22/h3-5,8-10,18-19,26H,6-7,11-13H2,1-2H3,(H3,24,25);1-7,10,15,17,20,26-27H,8-9,11-13H2,(H3,23,24)(H,25,28);1-7,10,18-19,24H,8-9,11-13H2,(H3,22,23);2-9,17-18,23H,10-12H2,1H3,(H3,21,22)(H,24,25)/t18-,19+;15?,17-,20+;18-,19+;17-,18+/m1111/s1. The molecule has 0 bridgehead atoms. The molecule has 7 aliphatic rings. The molecule has 4 amide bonds. The van der Waals surface area contributed by atoms with Gasteiger partial charge in [0.1, 0.15) is 70.8 Å². The van der Waals surface area contributed by atoms with E-state index in [2.05, 4.69) is 73.6 Å². The fourth-order valence-corrected chi connectivity index (χ4v) is 15.0. The summed E-state index contributed by atoms with van der Waals surface area (Å²) >= 11 is 0. The van der Waals surface area contributed by atoms with Crippen LogP contribution in [0, 0.1) is 28.6 Å². The number of rotatable bonds is 23. The van der Waals surface area contributed by atoms with E-state index in [4.69, 9.17) is 73.0 Å². The van der Waals surface area contributed by atoms with Gasteiger partial charge in [0.25, 0.3) is 0 Å². The Labute approximate surface area is 658 Å². The van der Waals surface area contributed by atoms with Crippen molar-refractivity contribution in [2.45, 2.75) is 126 Å². The average Bonchev–Trinajstić information content (AvgIpc) is 1.38. The normalized spacial score (nSPS) is 20.9. The van der Waals surface area contributed by atoms with Crippen LogP contribution in [0.25, 0.3) is 0 Å². The van der Waals surface area contributed by atoms with Gasteiger partial charge in [-0.25, -0.2) is 0 Å². The zero-order chi connectivity index (χ0) is 79.5. The van der Waals surface area contributed by atoms with E-state index >= 15 is 0 Å². The van der Waals surface area contributed by atoms with E-state index < -0.39 is 0 Å². The molecule has 113 heavy (non-hydrogen) atoms. The number of ether oxygens (including phenoxy) is 6. The van der Waals surface area contributed by atoms with Crippen molar-refractivity contribution >= 4 is 52.7 Å². The van der Waals surface area contributed by atoms with Crippen LogP contribution in [0.1, 0.15) is 99.2 Å². The van der Waals surface area contributed by atoms with Crippen LogP contribution in [0.2, 0.25) is 0 Å². The summed E-state index contributed by atoms with van der Waals surface area (Å²) in [4.78, 5) is 54.8. The van der Waals surface area contributed by atoms with Crippen LogP contribution < -0.4 is 88.6 Å². The molecule has 15 rings (SSSR count). The number of nitrogens with one attached hydrogen (secondary N) is 11. The summed E-state index contributed by atoms with van der Waals surface area (Å²) < 4.78 is 34.7. The van der Waals surface area contributed by atoms with E-state index in [0.717, 1.165) is 43.5 Å². The van der Waals surface area contributed by atoms with Crippen molar-refractivity contribution in [3.63, 3.8) is 0 Å². The van der Waals surface area contributed by atoms with E-state index in [1.165, 1.54) is 33.5 Å². The molecule has 8 aromatic rings. The number of anilines is 1. The van der Waals surface area contributed by atoms with Crippen molar-refractivity contribution in [1.82, 2.24) is 41.7 Å². The smallest absolute Gasteiger partial charge is 0.240 e. The SMILES string of the molecule is COc1cc2c(cc1OC)CN(C(=O)[C@@H]1C[C@@H](Oc3cccc(C(=N)N)c3)CN1)CC2.Cc1ccc(CNC(=O)[C@@H]2C[C@@H](Oc3cccc(C(=N)N)c3)CN2)cc1.N=C(N)c1cccc(O[C@H]2CN[C@H](C(=O)N3CCc4ccccc4C3)C2)c1.N=C(N)c1cccc(O[C@H]2CN[C@H](C(=O)NCCC3CNc4ccccc43)C2)c1. The number of amidine groups is 4. The number of aryl methyl sites for hydroxylation is 1. The number of fused-ring (bicyclic) bond motifs is 3. The van der Waals surface area contributed by atoms with E-state index in [1.54, 1.807) is 68.8 Å². The largest absolute Gasteiger partial charge is 0.493 e. The second-order valence-electron chi connectivity index (χ2n) is 29.2. The number of nitrogens with two attached hydrogens (primary N) is 4. The zero-order valence-electron chi connectivity index (χ0n) is 64.0. The third-order valence-corrected chi connectivity index (χ3v) is 21.2. The molecule has 27 heteroatoms. The number of benzene rings is 8. The molecule has 0 aromatic heterocycles. The summed E-state index contributed by atoms with van der Waals surface area (Å²) in [7, 11) is 3.24. The van der Waals surface area contributed by atoms with Gasteiger partial charge in [0, 0.05) is 132 Å². The molecule has 9 atom stereocenters. The fraction of sp³-hybridized carbons (Fsp3) is 0.349. The van der Waals surface area contributed by atoms with Gasteiger partial charge in [-0.05, 0) is 126 Å². The van der Waals surface area contributed by atoms with E-state index in [-0.39, 0.29) is 95.6 Å². The maximum Gasteiger partial charge on any atom is 0.240 e. The summed E-state index contributed by atoms with van der Waals surface area (Å²) in [6.45, 7) is 9.25. The second kappa shape index (κ2) is 38.3. The summed E-state index contributed by atoms with van der Waals surface area (Å²) in [5.41, 5.74) is 34.3. The molecule has 0 radical (unpaired) electrons. The number of para-hydroxylation sites is 1. The molecule has 592 valence electrons. The Bertz CT molecular complexity index is 4720. The highest BCUT2D eigenvalue weighted by Gasteiger charge is 2.38. The van der Waals surface area contributed by atoms with Crippen LogP contribution in [-0.4, -0.2) is 172 Å². The van der Waals surface area contributed by atoms with E-state index in [9.17, 15) is 19.2 Å². The van der Waals surface area contributed by atoms with Gasteiger partial charge in [-0.15, -0.1) is 0 Å². The maximum absolute atomic E-state index is 13.1. The molecule has 19 N–H and O–H groups in total. The first-order chi connectivity index (χ1) is 54.7. The first-order valence-corrected chi connectivity index (χ1v) is 38.4. The lowest BCUT2D eigenvalue weighted by Gasteiger charge is -2.31. The molecular weight excluding hydrogens is 1430 g/mol. The number of nitrogens with zero attached hydrogens (tertiary/aromatic N) is 2. The second-order valence-corrected chi connectivity index (χ2v) is 29.2. The Morgan fingerprint density at radius 1 is 0.442 bits per heavy atom. The Morgan fingerprint density at radius 2 is 0.841 bits per heavy atom. The van der Waals surface area contributed by atoms with E-state index in [1.807, 2.05) is 108 Å². The lowest BCUT2D eigenvalue weighted by Crippen LogP contribution is -2.45. The van der Waals surface area contributed by atoms with Gasteiger partial charge in [0.15, 0.2) is 11.5 Å². The highest BCUT2D eigenvalue weighted by atomic mass is 16.5. The molecule has 1 unspecified atom stereocenters. The number of hydrogen-bond donors (Lipinski definition) is 15. The molecular formula is C86H103N17O10. The highest BCUT2D eigenvalue weighted by Crippen LogP contribution is 2.36. The van der Waals surface area contributed by atoms with Crippen molar-refractivity contribution in [2.75, 3.05) is 71.9 Å². The Hall–Kier alpha value is -12.0. The third-order valence-electron chi connectivity index (χ3n) is 21.2. The number of methoxy groups -OCH3 is 2. The molecule has 0 spiro atoms. The number of carbonyl (C=O) groups is 4.